The first-order chi connectivity index (χ1) is 14.0. The van der Waals surface area contributed by atoms with Crippen LogP contribution in [0.25, 0.3) is 22.3 Å². The molecule has 1 N–H and O–H groups in total. The molecular weight excluding hydrogens is 390 g/mol. The summed E-state index contributed by atoms with van der Waals surface area (Å²) in [6, 6.07) is 20.2. The standard InChI is InChI=1S/C23H16ClNO4/c1-28-20-5-3-2-4-18(20)22-13-19(26)17-11-10-16(12-21(17)29-22)25-23(27)14-6-8-15(24)9-7-14/h2-13H,1H3,(H,25,27). The molecule has 3 aromatic carbocycles. The van der Waals surface area contributed by atoms with Crippen molar-refractivity contribution in [2.45, 2.75) is 0 Å². The number of methoxy groups -OCH3 is 1. The van der Waals surface area contributed by atoms with Crippen molar-refractivity contribution in [3.63, 3.8) is 0 Å². The largest absolute Gasteiger partial charge is 0.496 e. The molecule has 144 valence electrons. The third-order valence-electron chi connectivity index (χ3n) is 4.47. The van der Waals surface area contributed by atoms with Gasteiger partial charge in [-0.05, 0) is 48.5 Å². The van der Waals surface area contributed by atoms with Gasteiger partial charge in [-0.25, -0.2) is 0 Å². The van der Waals surface area contributed by atoms with Crippen molar-refractivity contribution in [3.05, 3.63) is 93.6 Å². The van der Waals surface area contributed by atoms with E-state index in [2.05, 4.69) is 5.32 Å². The molecule has 1 aromatic heterocycles. The molecule has 5 nitrogen and oxygen atoms in total. The third kappa shape index (κ3) is 3.86. The summed E-state index contributed by atoms with van der Waals surface area (Å²) in [7, 11) is 1.56. The van der Waals surface area contributed by atoms with E-state index in [9.17, 15) is 9.59 Å². The summed E-state index contributed by atoms with van der Waals surface area (Å²) in [6.07, 6.45) is 0. The lowest BCUT2D eigenvalue weighted by Crippen LogP contribution is -2.12. The maximum absolute atomic E-state index is 12.6. The molecule has 1 amide bonds. The summed E-state index contributed by atoms with van der Waals surface area (Å²) in [4.78, 5) is 25.0. The monoisotopic (exact) mass is 405 g/mol. The molecule has 0 bridgehead atoms. The Morgan fingerprint density at radius 3 is 2.52 bits per heavy atom. The number of ether oxygens (including phenoxy) is 1. The van der Waals surface area contributed by atoms with E-state index >= 15 is 0 Å². The number of carbonyl (C=O) groups excluding carboxylic acids is 1. The zero-order valence-corrected chi connectivity index (χ0v) is 16.2. The lowest BCUT2D eigenvalue weighted by Gasteiger charge is -2.09. The summed E-state index contributed by atoms with van der Waals surface area (Å²) in [5.74, 6) is 0.701. The van der Waals surface area contributed by atoms with Gasteiger partial charge in [0, 0.05) is 28.4 Å². The van der Waals surface area contributed by atoms with Crippen LogP contribution < -0.4 is 15.5 Å². The molecule has 4 rings (SSSR count). The van der Waals surface area contributed by atoms with Crippen LogP contribution in [0.4, 0.5) is 5.69 Å². The van der Waals surface area contributed by atoms with Crippen molar-refractivity contribution in [3.8, 4) is 17.1 Å². The molecule has 0 saturated carbocycles. The SMILES string of the molecule is COc1ccccc1-c1cc(=O)c2ccc(NC(=O)c3ccc(Cl)cc3)cc2o1. The Bertz CT molecular complexity index is 1260. The van der Waals surface area contributed by atoms with Gasteiger partial charge < -0.3 is 14.5 Å². The van der Waals surface area contributed by atoms with Gasteiger partial charge in [0.2, 0.25) is 0 Å². The Morgan fingerprint density at radius 2 is 1.76 bits per heavy atom. The Hall–Kier alpha value is -3.57. The average molecular weight is 406 g/mol. The van der Waals surface area contributed by atoms with Gasteiger partial charge in [-0.1, -0.05) is 23.7 Å². The molecule has 0 atom stereocenters. The minimum Gasteiger partial charge on any atom is -0.496 e. The third-order valence-corrected chi connectivity index (χ3v) is 4.72. The lowest BCUT2D eigenvalue weighted by molar-refractivity contribution is 0.102. The molecule has 29 heavy (non-hydrogen) atoms. The maximum atomic E-state index is 12.6. The molecule has 0 spiro atoms. The Morgan fingerprint density at radius 1 is 1.00 bits per heavy atom. The van der Waals surface area contributed by atoms with Gasteiger partial charge in [-0.15, -0.1) is 0 Å². The summed E-state index contributed by atoms with van der Waals surface area (Å²) >= 11 is 5.86. The number of carbonyl (C=O) groups is 1. The second kappa shape index (κ2) is 7.81. The predicted molar refractivity (Wildman–Crippen MR) is 114 cm³/mol. The van der Waals surface area contributed by atoms with Gasteiger partial charge in [0.25, 0.3) is 5.91 Å². The summed E-state index contributed by atoms with van der Waals surface area (Å²) < 4.78 is 11.3. The topological polar surface area (TPSA) is 68.5 Å². The molecule has 6 heteroatoms. The molecular formula is C23H16ClNO4. The number of hydrogen-bond acceptors (Lipinski definition) is 4. The van der Waals surface area contributed by atoms with E-state index in [0.717, 1.165) is 0 Å². The Labute approximate surface area is 171 Å². The van der Waals surface area contributed by atoms with Crippen molar-refractivity contribution in [2.24, 2.45) is 0 Å². The molecule has 0 aliphatic carbocycles. The van der Waals surface area contributed by atoms with E-state index in [1.54, 1.807) is 55.6 Å². The normalized spacial score (nSPS) is 10.7. The van der Waals surface area contributed by atoms with Crippen LogP contribution in [0.2, 0.25) is 5.02 Å². The number of anilines is 1. The molecule has 1 heterocycles. The van der Waals surface area contributed by atoms with Gasteiger partial charge in [0.1, 0.15) is 17.1 Å². The number of halogens is 1. The smallest absolute Gasteiger partial charge is 0.255 e. The quantitative estimate of drug-likeness (QED) is 0.495. The zero-order valence-electron chi connectivity index (χ0n) is 15.4. The van der Waals surface area contributed by atoms with Crippen molar-refractivity contribution in [1.82, 2.24) is 0 Å². The van der Waals surface area contributed by atoms with Gasteiger partial charge in [-0.2, -0.15) is 0 Å². The van der Waals surface area contributed by atoms with Crippen LogP contribution in [0.5, 0.6) is 5.75 Å². The molecule has 4 aromatic rings. The number of benzene rings is 3. The second-order valence-corrected chi connectivity index (χ2v) is 6.78. The van der Waals surface area contributed by atoms with Crippen molar-refractivity contribution < 1.29 is 13.9 Å². The van der Waals surface area contributed by atoms with Gasteiger partial charge >= 0.3 is 0 Å². The average Bonchev–Trinajstić information content (AvgIpc) is 2.73. The van der Waals surface area contributed by atoms with E-state index in [1.807, 2.05) is 18.2 Å². The Balaban J connectivity index is 1.72. The second-order valence-electron chi connectivity index (χ2n) is 6.35. The molecule has 0 radical (unpaired) electrons. The Kier molecular flexibility index (Phi) is 5.06. The highest BCUT2D eigenvalue weighted by atomic mass is 35.5. The van der Waals surface area contributed by atoms with Crippen LogP contribution in [0, 0.1) is 0 Å². The maximum Gasteiger partial charge on any atom is 0.255 e. The van der Waals surface area contributed by atoms with E-state index < -0.39 is 0 Å². The van der Waals surface area contributed by atoms with Crippen molar-refractivity contribution in [2.75, 3.05) is 12.4 Å². The van der Waals surface area contributed by atoms with Gasteiger partial charge in [-0.3, -0.25) is 9.59 Å². The van der Waals surface area contributed by atoms with Crippen LogP contribution in [-0.4, -0.2) is 13.0 Å². The van der Waals surface area contributed by atoms with E-state index in [1.165, 1.54) is 6.07 Å². The minimum atomic E-state index is -0.288. The molecule has 0 saturated heterocycles. The van der Waals surface area contributed by atoms with E-state index in [4.69, 9.17) is 20.8 Å². The number of hydrogen-bond donors (Lipinski definition) is 1. The fourth-order valence-electron chi connectivity index (χ4n) is 3.02. The number of fused-ring (bicyclic) bond motifs is 1. The summed E-state index contributed by atoms with van der Waals surface area (Å²) in [6.45, 7) is 0. The van der Waals surface area contributed by atoms with Gasteiger partial charge in [0.15, 0.2) is 5.43 Å². The first-order valence-electron chi connectivity index (χ1n) is 8.83. The molecule has 0 aliphatic rings. The van der Waals surface area contributed by atoms with E-state index in [0.29, 0.717) is 44.3 Å². The van der Waals surface area contributed by atoms with E-state index in [-0.39, 0.29) is 11.3 Å². The molecule has 0 fully saturated rings. The molecule has 0 unspecified atom stereocenters. The number of para-hydroxylation sites is 1. The summed E-state index contributed by atoms with van der Waals surface area (Å²) in [5, 5.41) is 3.78. The first kappa shape index (κ1) is 18.8. The minimum absolute atomic E-state index is 0.178. The van der Waals surface area contributed by atoms with Crippen molar-refractivity contribution in [1.29, 1.82) is 0 Å². The number of amides is 1. The molecule has 0 aliphatic heterocycles. The predicted octanol–water partition coefficient (Wildman–Crippen LogP) is 5.37. The highest BCUT2D eigenvalue weighted by Gasteiger charge is 2.12. The fourth-order valence-corrected chi connectivity index (χ4v) is 3.14. The van der Waals surface area contributed by atoms with Crippen LogP contribution >= 0.6 is 11.6 Å². The van der Waals surface area contributed by atoms with Crippen molar-refractivity contribution >= 4 is 34.2 Å². The van der Waals surface area contributed by atoms with Crippen LogP contribution in [0.1, 0.15) is 10.4 Å². The highest BCUT2D eigenvalue weighted by molar-refractivity contribution is 6.30. The van der Waals surface area contributed by atoms with Gasteiger partial charge in [0.05, 0.1) is 18.1 Å². The summed E-state index contributed by atoms with van der Waals surface area (Å²) in [5.41, 5.74) is 1.84. The zero-order chi connectivity index (χ0) is 20.4. The first-order valence-corrected chi connectivity index (χ1v) is 9.21. The lowest BCUT2D eigenvalue weighted by atomic mass is 10.1. The number of nitrogens with one attached hydrogen (secondary N) is 1. The fraction of sp³-hybridized carbons (Fsp3) is 0.0435. The van der Waals surface area contributed by atoms with Crippen LogP contribution in [0.3, 0.4) is 0 Å². The highest BCUT2D eigenvalue weighted by Crippen LogP contribution is 2.31. The van der Waals surface area contributed by atoms with Crippen LogP contribution in [0.15, 0.2) is 82.0 Å². The number of rotatable bonds is 4. The van der Waals surface area contributed by atoms with Crippen LogP contribution in [-0.2, 0) is 0 Å².